The molecule has 4 rings (SSSR count). The lowest BCUT2D eigenvalue weighted by Gasteiger charge is -2.05. The largest absolute Gasteiger partial charge is 0.318 e. The zero-order valence-corrected chi connectivity index (χ0v) is 13.4. The van der Waals surface area contributed by atoms with Gasteiger partial charge in [-0.3, -0.25) is 4.79 Å². The molecule has 0 saturated heterocycles. The second kappa shape index (κ2) is 6.36. The monoisotopic (exact) mass is 350 g/mol. The molecule has 0 spiro atoms. The molecule has 0 unspecified atom stereocenters. The smallest absolute Gasteiger partial charge is 0.276 e. The Morgan fingerprint density at radius 1 is 1.00 bits per heavy atom. The number of halogens is 2. The van der Waals surface area contributed by atoms with Gasteiger partial charge in [-0.2, -0.15) is 5.10 Å². The number of carbonyl (C=O) groups is 1. The quantitative estimate of drug-likeness (QED) is 0.609. The number of hydrogen-bond acceptors (Lipinski definition) is 3. The van der Waals surface area contributed by atoms with Crippen LogP contribution in [0.2, 0.25) is 0 Å². The summed E-state index contributed by atoms with van der Waals surface area (Å²) in [5, 5.41) is 6.67. The topological polar surface area (TPSA) is 59.3 Å². The van der Waals surface area contributed by atoms with Crippen LogP contribution in [0.5, 0.6) is 0 Å². The number of amides is 1. The maximum absolute atomic E-state index is 13.7. The summed E-state index contributed by atoms with van der Waals surface area (Å²) in [5.41, 5.74) is 2.12. The summed E-state index contributed by atoms with van der Waals surface area (Å²) >= 11 is 0. The van der Waals surface area contributed by atoms with Crippen molar-refractivity contribution < 1.29 is 13.6 Å². The third kappa shape index (κ3) is 2.90. The van der Waals surface area contributed by atoms with Gasteiger partial charge in [-0.05, 0) is 18.2 Å². The van der Waals surface area contributed by atoms with Crippen LogP contribution in [0.1, 0.15) is 10.5 Å². The third-order valence-corrected chi connectivity index (χ3v) is 3.84. The molecule has 2 aromatic carbocycles. The van der Waals surface area contributed by atoms with E-state index in [-0.39, 0.29) is 11.4 Å². The van der Waals surface area contributed by atoms with E-state index in [4.69, 9.17) is 0 Å². The van der Waals surface area contributed by atoms with Crippen LogP contribution in [0.15, 0.2) is 66.9 Å². The van der Waals surface area contributed by atoms with Gasteiger partial charge in [0.1, 0.15) is 11.6 Å². The van der Waals surface area contributed by atoms with Crippen LogP contribution in [0.4, 0.5) is 14.5 Å². The first kappa shape index (κ1) is 15.9. The number of nitrogens with zero attached hydrogens (tertiary/aromatic N) is 3. The summed E-state index contributed by atoms with van der Waals surface area (Å²) in [6.07, 6.45) is 1.63. The fourth-order valence-corrected chi connectivity index (χ4v) is 2.61. The Labute approximate surface area is 146 Å². The number of anilines is 1. The zero-order valence-electron chi connectivity index (χ0n) is 13.4. The minimum absolute atomic E-state index is 0.0737. The molecule has 7 heteroatoms. The van der Waals surface area contributed by atoms with E-state index in [1.165, 1.54) is 6.07 Å². The van der Waals surface area contributed by atoms with Crippen LogP contribution in [0, 0.1) is 11.6 Å². The molecule has 1 amide bonds. The van der Waals surface area contributed by atoms with Gasteiger partial charge >= 0.3 is 0 Å². The molecule has 0 fully saturated rings. The van der Waals surface area contributed by atoms with Gasteiger partial charge in [-0.15, -0.1) is 0 Å². The number of aromatic nitrogens is 3. The second-order valence-electron chi connectivity index (χ2n) is 5.57. The van der Waals surface area contributed by atoms with Crippen LogP contribution in [0.3, 0.4) is 0 Å². The molecule has 2 aromatic heterocycles. The van der Waals surface area contributed by atoms with Gasteiger partial charge in [0.05, 0.1) is 11.4 Å². The highest BCUT2D eigenvalue weighted by atomic mass is 19.1. The predicted octanol–water partition coefficient (Wildman–Crippen LogP) is 3.93. The Hall–Kier alpha value is -3.61. The van der Waals surface area contributed by atoms with Gasteiger partial charge in [-0.1, -0.05) is 30.3 Å². The standard InChI is InChI=1S/C19H12F2N4O/c20-13-6-7-15(14(21)10-13)23-19(26)16-11-18-22-9-8-17(25(18)24-16)12-4-2-1-3-5-12/h1-11H,(H,23,26). The second-order valence-corrected chi connectivity index (χ2v) is 5.57. The fourth-order valence-electron chi connectivity index (χ4n) is 2.61. The summed E-state index contributed by atoms with van der Waals surface area (Å²) < 4.78 is 28.2. The highest BCUT2D eigenvalue weighted by molar-refractivity contribution is 6.03. The molecule has 0 aliphatic carbocycles. The molecule has 26 heavy (non-hydrogen) atoms. The van der Waals surface area contributed by atoms with Gasteiger partial charge in [0, 0.05) is 23.9 Å². The van der Waals surface area contributed by atoms with Crippen molar-refractivity contribution in [2.45, 2.75) is 0 Å². The van der Waals surface area contributed by atoms with Crippen molar-refractivity contribution in [3.63, 3.8) is 0 Å². The first-order chi connectivity index (χ1) is 12.6. The minimum Gasteiger partial charge on any atom is -0.318 e. The number of rotatable bonds is 3. The average molecular weight is 350 g/mol. The number of carbonyl (C=O) groups excluding carboxylic acids is 1. The molecular formula is C19H12F2N4O. The Kier molecular flexibility index (Phi) is 3.89. The van der Waals surface area contributed by atoms with Crippen molar-refractivity contribution in [3.8, 4) is 11.3 Å². The van der Waals surface area contributed by atoms with E-state index < -0.39 is 17.5 Å². The van der Waals surface area contributed by atoms with Gasteiger partial charge in [0.15, 0.2) is 11.3 Å². The summed E-state index contributed by atoms with van der Waals surface area (Å²) in [6, 6.07) is 15.8. The molecular weight excluding hydrogens is 338 g/mol. The van der Waals surface area contributed by atoms with Crippen LogP contribution in [-0.4, -0.2) is 20.5 Å². The van der Waals surface area contributed by atoms with E-state index in [0.29, 0.717) is 11.7 Å². The number of nitrogens with one attached hydrogen (secondary N) is 1. The van der Waals surface area contributed by atoms with Crippen molar-refractivity contribution in [2.75, 3.05) is 5.32 Å². The number of fused-ring (bicyclic) bond motifs is 1. The molecule has 0 aliphatic heterocycles. The van der Waals surface area contributed by atoms with E-state index in [1.807, 2.05) is 30.3 Å². The van der Waals surface area contributed by atoms with Crippen molar-refractivity contribution >= 4 is 17.2 Å². The van der Waals surface area contributed by atoms with Gasteiger partial charge in [0.2, 0.25) is 0 Å². The molecule has 128 valence electrons. The van der Waals surface area contributed by atoms with E-state index in [1.54, 1.807) is 16.8 Å². The molecule has 0 radical (unpaired) electrons. The van der Waals surface area contributed by atoms with E-state index in [0.717, 1.165) is 23.4 Å². The van der Waals surface area contributed by atoms with Crippen LogP contribution < -0.4 is 5.32 Å². The summed E-state index contributed by atoms with van der Waals surface area (Å²) in [4.78, 5) is 16.6. The van der Waals surface area contributed by atoms with Crippen molar-refractivity contribution in [3.05, 3.63) is 84.2 Å². The highest BCUT2D eigenvalue weighted by Crippen LogP contribution is 2.20. The summed E-state index contributed by atoms with van der Waals surface area (Å²) in [7, 11) is 0. The molecule has 1 N–H and O–H groups in total. The first-order valence-corrected chi connectivity index (χ1v) is 7.78. The maximum atomic E-state index is 13.7. The van der Waals surface area contributed by atoms with Gasteiger partial charge < -0.3 is 5.32 Å². The summed E-state index contributed by atoms with van der Waals surface area (Å²) in [5.74, 6) is -2.19. The molecule has 4 aromatic rings. The Morgan fingerprint density at radius 2 is 1.81 bits per heavy atom. The van der Waals surface area contributed by atoms with E-state index >= 15 is 0 Å². The van der Waals surface area contributed by atoms with Gasteiger partial charge in [0.25, 0.3) is 5.91 Å². The number of hydrogen-bond donors (Lipinski definition) is 1. The van der Waals surface area contributed by atoms with Crippen molar-refractivity contribution in [1.82, 2.24) is 14.6 Å². The SMILES string of the molecule is O=C(Nc1ccc(F)cc1F)c1cc2nccc(-c3ccccc3)n2n1. The van der Waals surface area contributed by atoms with Crippen molar-refractivity contribution in [2.24, 2.45) is 0 Å². The highest BCUT2D eigenvalue weighted by Gasteiger charge is 2.16. The Bertz CT molecular complexity index is 1110. The van der Waals surface area contributed by atoms with E-state index in [9.17, 15) is 13.6 Å². The van der Waals surface area contributed by atoms with Crippen molar-refractivity contribution in [1.29, 1.82) is 0 Å². The van der Waals surface area contributed by atoms with Crippen LogP contribution >= 0.6 is 0 Å². The van der Waals surface area contributed by atoms with Crippen LogP contribution in [-0.2, 0) is 0 Å². The predicted molar refractivity (Wildman–Crippen MR) is 92.7 cm³/mol. The lowest BCUT2D eigenvalue weighted by molar-refractivity contribution is 0.102. The molecule has 0 saturated carbocycles. The lowest BCUT2D eigenvalue weighted by atomic mass is 10.1. The van der Waals surface area contributed by atoms with Gasteiger partial charge in [-0.25, -0.2) is 18.3 Å². The third-order valence-electron chi connectivity index (χ3n) is 3.84. The average Bonchev–Trinajstić information content (AvgIpc) is 3.09. The number of benzene rings is 2. The Morgan fingerprint density at radius 3 is 2.58 bits per heavy atom. The maximum Gasteiger partial charge on any atom is 0.276 e. The molecule has 0 atom stereocenters. The van der Waals surface area contributed by atoms with Crippen LogP contribution in [0.25, 0.3) is 16.9 Å². The molecule has 5 nitrogen and oxygen atoms in total. The lowest BCUT2D eigenvalue weighted by Crippen LogP contribution is -2.14. The molecule has 2 heterocycles. The van der Waals surface area contributed by atoms with E-state index in [2.05, 4.69) is 15.4 Å². The molecule has 0 aliphatic rings. The fraction of sp³-hybridized carbons (Fsp3) is 0. The molecule has 0 bridgehead atoms. The normalized spacial score (nSPS) is 10.8. The first-order valence-electron chi connectivity index (χ1n) is 7.78. The minimum atomic E-state index is -0.856. The zero-order chi connectivity index (χ0) is 18.1. The summed E-state index contributed by atoms with van der Waals surface area (Å²) in [6.45, 7) is 0. The Balaban J connectivity index is 1.70.